The van der Waals surface area contributed by atoms with E-state index in [1.165, 1.54) is 0 Å². The van der Waals surface area contributed by atoms with E-state index in [2.05, 4.69) is 0 Å². The third kappa shape index (κ3) is 5.90. The maximum absolute atomic E-state index is 6.41. The quantitative estimate of drug-likeness (QED) is 0.700. The lowest BCUT2D eigenvalue weighted by atomic mass is 10.5. The van der Waals surface area contributed by atoms with Gasteiger partial charge in [0.1, 0.15) is 0 Å². The molecule has 2 atom stereocenters. The molecule has 0 aromatic carbocycles. The van der Waals surface area contributed by atoms with Crippen LogP contribution in [0.15, 0.2) is 0 Å². The summed E-state index contributed by atoms with van der Waals surface area (Å²) in [6, 6.07) is 0.647. The predicted molar refractivity (Wildman–Crippen MR) is 93.8 cm³/mol. The molecular weight excluding hydrogens is 354 g/mol. The summed E-state index contributed by atoms with van der Waals surface area (Å²) in [7, 11) is -9.05. The summed E-state index contributed by atoms with van der Waals surface area (Å²) in [6.07, 6.45) is 0.770. The summed E-state index contributed by atoms with van der Waals surface area (Å²) >= 11 is 0. The molecule has 2 unspecified atom stereocenters. The number of hydrogen-bond acceptors (Lipinski definition) is 7. The minimum absolute atomic E-state index is 0.510. The SMILES string of the molecule is CCO[Si]1(CCCN)O[Si](C)(C)O[Si](C)(C)O[Si](C)(OC)O1. The summed E-state index contributed by atoms with van der Waals surface area (Å²) in [4.78, 5) is 0. The highest BCUT2D eigenvalue weighted by Gasteiger charge is 2.58. The summed E-state index contributed by atoms with van der Waals surface area (Å²) < 4.78 is 36.9. The van der Waals surface area contributed by atoms with E-state index >= 15 is 0 Å². The molecule has 7 nitrogen and oxygen atoms in total. The highest BCUT2D eigenvalue weighted by molar-refractivity contribution is 6.90. The molecule has 0 radical (unpaired) electrons. The van der Waals surface area contributed by atoms with Gasteiger partial charge >= 0.3 is 34.7 Å². The average molecular weight is 386 g/mol. The van der Waals surface area contributed by atoms with E-state index in [4.69, 9.17) is 31.0 Å². The summed E-state index contributed by atoms with van der Waals surface area (Å²) in [6.45, 7) is 12.9. The Balaban J connectivity index is 3.17. The molecule has 0 aliphatic carbocycles. The van der Waals surface area contributed by atoms with Crippen molar-refractivity contribution in [3.63, 3.8) is 0 Å². The number of nitrogens with two attached hydrogens (primary N) is 1. The molecule has 0 saturated carbocycles. The lowest BCUT2D eigenvalue weighted by molar-refractivity contribution is 0.0887. The zero-order chi connectivity index (χ0) is 17.1. The second kappa shape index (κ2) is 7.65. The van der Waals surface area contributed by atoms with Gasteiger partial charge in [0.15, 0.2) is 0 Å². The first-order valence-corrected chi connectivity index (χ1v) is 17.5. The van der Waals surface area contributed by atoms with Crippen LogP contribution in [0, 0.1) is 0 Å². The molecule has 1 fully saturated rings. The van der Waals surface area contributed by atoms with Crippen molar-refractivity contribution in [2.24, 2.45) is 5.73 Å². The lowest BCUT2D eigenvalue weighted by Gasteiger charge is -2.47. The maximum Gasteiger partial charge on any atom is 0.484 e. The van der Waals surface area contributed by atoms with Crippen LogP contribution in [0.4, 0.5) is 0 Å². The van der Waals surface area contributed by atoms with Gasteiger partial charge in [-0.2, -0.15) is 0 Å². The number of hydrogen-bond donors (Lipinski definition) is 1. The van der Waals surface area contributed by atoms with Crippen LogP contribution in [-0.4, -0.2) is 55.0 Å². The van der Waals surface area contributed by atoms with Crippen LogP contribution in [0.25, 0.3) is 0 Å². The van der Waals surface area contributed by atoms with Gasteiger partial charge in [-0.1, -0.05) is 0 Å². The first kappa shape index (κ1) is 20.6. The van der Waals surface area contributed by atoms with E-state index in [0.29, 0.717) is 19.2 Å². The van der Waals surface area contributed by atoms with Crippen LogP contribution in [0.1, 0.15) is 13.3 Å². The van der Waals surface area contributed by atoms with Crippen molar-refractivity contribution in [1.82, 2.24) is 0 Å². The summed E-state index contributed by atoms with van der Waals surface area (Å²) in [5, 5.41) is 0. The smallest absolute Gasteiger partial charge is 0.416 e. The van der Waals surface area contributed by atoms with Crippen LogP contribution >= 0.6 is 0 Å². The Morgan fingerprint density at radius 3 is 2.00 bits per heavy atom. The molecule has 22 heavy (non-hydrogen) atoms. The van der Waals surface area contributed by atoms with E-state index in [0.717, 1.165) is 6.42 Å². The second-order valence-corrected chi connectivity index (χ2v) is 19.4. The van der Waals surface area contributed by atoms with Gasteiger partial charge in [0.05, 0.1) is 0 Å². The van der Waals surface area contributed by atoms with Gasteiger partial charge in [0, 0.05) is 26.3 Å². The molecule has 0 bridgehead atoms. The van der Waals surface area contributed by atoms with Gasteiger partial charge in [-0.05, 0) is 46.1 Å². The van der Waals surface area contributed by atoms with Crippen molar-refractivity contribution < 1.29 is 25.3 Å². The second-order valence-electron chi connectivity index (χ2n) is 6.28. The van der Waals surface area contributed by atoms with Crippen molar-refractivity contribution in [3.05, 3.63) is 0 Å². The van der Waals surface area contributed by atoms with E-state index < -0.39 is 34.7 Å². The Bertz CT molecular complexity index is 374. The van der Waals surface area contributed by atoms with Crippen LogP contribution in [-0.2, 0) is 25.3 Å². The highest BCUT2D eigenvalue weighted by atomic mass is 28.5. The molecule has 0 aromatic heterocycles. The van der Waals surface area contributed by atoms with E-state index in [-0.39, 0.29) is 0 Å². The Hall–Kier alpha value is 0.588. The molecule has 1 aliphatic rings. The maximum atomic E-state index is 6.41. The molecule has 132 valence electrons. The standard InChI is InChI=1S/C11H31NO6Si4/c1-8-14-22(11-9-10-12)17-20(5,6)15-19(3,4)16-21(7,13-2)18-22/h8-12H2,1-7H3. The fraction of sp³-hybridized carbons (Fsp3) is 1.00. The fourth-order valence-corrected chi connectivity index (χ4v) is 21.5. The van der Waals surface area contributed by atoms with E-state index in [9.17, 15) is 0 Å². The van der Waals surface area contributed by atoms with Gasteiger partial charge in [0.2, 0.25) is 0 Å². The van der Waals surface area contributed by atoms with Crippen LogP contribution in [0.2, 0.25) is 38.8 Å². The zero-order valence-corrected chi connectivity index (χ0v) is 18.9. The minimum atomic E-state index is -2.95. The highest BCUT2D eigenvalue weighted by Crippen LogP contribution is 2.33. The molecule has 1 aliphatic heterocycles. The van der Waals surface area contributed by atoms with Gasteiger partial charge in [-0.3, -0.25) is 0 Å². The van der Waals surface area contributed by atoms with Crippen LogP contribution in [0.5, 0.6) is 0 Å². The largest absolute Gasteiger partial charge is 0.484 e. The predicted octanol–water partition coefficient (Wildman–Crippen LogP) is 2.01. The molecule has 0 amide bonds. The number of rotatable bonds is 6. The Kier molecular flexibility index (Phi) is 7.17. The average Bonchev–Trinajstić information content (AvgIpc) is 2.32. The molecule has 0 spiro atoms. The van der Waals surface area contributed by atoms with Gasteiger partial charge in [-0.15, -0.1) is 0 Å². The Morgan fingerprint density at radius 2 is 1.50 bits per heavy atom. The van der Waals surface area contributed by atoms with E-state index in [1.54, 1.807) is 7.11 Å². The van der Waals surface area contributed by atoms with Crippen LogP contribution < -0.4 is 5.73 Å². The van der Waals surface area contributed by atoms with Crippen molar-refractivity contribution in [1.29, 1.82) is 0 Å². The van der Waals surface area contributed by atoms with Gasteiger partial charge < -0.3 is 31.0 Å². The first-order chi connectivity index (χ1) is 10.0. The molecule has 11 heteroatoms. The third-order valence-electron chi connectivity index (χ3n) is 3.09. The molecular formula is C11H31NO6Si4. The lowest BCUT2D eigenvalue weighted by Crippen LogP contribution is -2.68. The molecule has 2 N–H and O–H groups in total. The summed E-state index contributed by atoms with van der Waals surface area (Å²) in [5.41, 5.74) is 5.67. The molecule has 1 heterocycles. The van der Waals surface area contributed by atoms with Crippen molar-refractivity contribution in [2.75, 3.05) is 20.3 Å². The van der Waals surface area contributed by atoms with Crippen molar-refractivity contribution >= 4 is 34.7 Å². The summed E-state index contributed by atoms with van der Waals surface area (Å²) in [5.74, 6) is 0. The van der Waals surface area contributed by atoms with Gasteiger partial charge in [0.25, 0.3) is 0 Å². The Labute approximate surface area is 138 Å². The normalized spacial score (nSPS) is 34.9. The van der Waals surface area contributed by atoms with Crippen molar-refractivity contribution in [2.45, 2.75) is 52.1 Å². The Morgan fingerprint density at radius 1 is 0.909 bits per heavy atom. The van der Waals surface area contributed by atoms with Crippen LogP contribution in [0.3, 0.4) is 0 Å². The van der Waals surface area contributed by atoms with Crippen molar-refractivity contribution in [3.8, 4) is 0 Å². The third-order valence-corrected chi connectivity index (χ3v) is 18.8. The topological polar surface area (TPSA) is 81.4 Å². The fourth-order valence-electron chi connectivity index (χ4n) is 2.63. The molecule has 1 saturated heterocycles. The molecule has 0 aromatic rings. The molecule has 1 rings (SSSR count). The minimum Gasteiger partial charge on any atom is -0.416 e. The monoisotopic (exact) mass is 385 g/mol. The zero-order valence-electron chi connectivity index (χ0n) is 14.9. The van der Waals surface area contributed by atoms with E-state index in [1.807, 2.05) is 39.7 Å². The first-order valence-electron chi connectivity index (χ1n) is 7.71. The van der Waals surface area contributed by atoms with Gasteiger partial charge in [-0.25, -0.2) is 0 Å².